The zero-order chi connectivity index (χ0) is 28.7. The van der Waals surface area contributed by atoms with Crippen LogP contribution >= 0.6 is 0 Å². The lowest BCUT2D eigenvalue weighted by Gasteiger charge is -2.31. The Morgan fingerprint density at radius 2 is 1.90 bits per heavy atom. The summed E-state index contributed by atoms with van der Waals surface area (Å²) in [6.07, 6.45) is 7.08. The molecule has 1 fully saturated rings. The molecule has 2 atom stereocenters. The molecule has 2 N–H and O–H groups in total. The number of pyridine rings is 2. The Hall–Kier alpha value is -4.22. The number of fused-ring (bicyclic) bond motifs is 8. The highest BCUT2D eigenvalue weighted by Gasteiger charge is 2.43. The predicted molar refractivity (Wildman–Crippen MR) is 158 cm³/mol. The van der Waals surface area contributed by atoms with Gasteiger partial charge in [-0.2, -0.15) is 5.10 Å². The normalized spacial score (nSPS) is 21.0. The van der Waals surface area contributed by atoms with Crippen molar-refractivity contribution in [1.29, 1.82) is 0 Å². The maximum absolute atomic E-state index is 13.8. The van der Waals surface area contributed by atoms with Crippen LogP contribution in [-0.2, 0) is 33.3 Å². The van der Waals surface area contributed by atoms with Crippen LogP contribution in [0.5, 0.6) is 0 Å². The van der Waals surface area contributed by atoms with Crippen LogP contribution in [0.4, 0.5) is 17.3 Å². The van der Waals surface area contributed by atoms with Gasteiger partial charge >= 0.3 is 0 Å². The molecule has 0 aromatic carbocycles. The molecule has 4 aromatic rings. The number of aliphatic hydroxyl groups excluding tert-OH is 1. The lowest BCUT2D eigenvalue weighted by Crippen LogP contribution is -2.41. The van der Waals surface area contributed by atoms with Crippen molar-refractivity contribution in [2.45, 2.75) is 57.3 Å². The van der Waals surface area contributed by atoms with Gasteiger partial charge in [0.1, 0.15) is 17.2 Å². The van der Waals surface area contributed by atoms with E-state index < -0.39 is 0 Å². The summed E-state index contributed by atoms with van der Waals surface area (Å²) in [5, 5.41) is 18.5. The quantitative estimate of drug-likeness (QED) is 0.382. The molecular formula is C31H34N8O3. The third-order valence-corrected chi connectivity index (χ3v) is 9.63. The van der Waals surface area contributed by atoms with E-state index in [1.165, 1.54) is 35.1 Å². The fourth-order valence-corrected chi connectivity index (χ4v) is 7.63. The van der Waals surface area contributed by atoms with E-state index in [1.54, 1.807) is 30.4 Å². The molecule has 11 nitrogen and oxygen atoms in total. The number of aryl methyl sites for hydroxylation is 1. The number of rotatable bonds is 5. The average molecular weight is 567 g/mol. The van der Waals surface area contributed by atoms with Crippen LogP contribution in [-0.4, -0.2) is 59.9 Å². The van der Waals surface area contributed by atoms with Crippen molar-refractivity contribution in [2.24, 2.45) is 7.05 Å². The Morgan fingerprint density at radius 3 is 2.76 bits per heavy atom. The van der Waals surface area contributed by atoms with Crippen LogP contribution in [0.2, 0.25) is 0 Å². The summed E-state index contributed by atoms with van der Waals surface area (Å²) in [6, 6.07) is 7.69. The summed E-state index contributed by atoms with van der Waals surface area (Å²) in [4.78, 5) is 35.5. The first-order chi connectivity index (χ1) is 20.4. The molecule has 0 radical (unpaired) electrons. The molecule has 2 aliphatic heterocycles. The van der Waals surface area contributed by atoms with Crippen LogP contribution in [0.1, 0.15) is 64.1 Å². The highest BCUT2D eigenvalue weighted by molar-refractivity contribution is 6.06. The third kappa shape index (κ3) is 3.80. The van der Waals surface area contributed by atoms with E-state index in [0.717, 1.165) is 48.7 Å². The average Bonchev–Trinajstić information content (AvgIpc) is 3.77. The van der Waals surface area contributed by atoms with Crippen LogP contribution in [0.15, 0.2) is 41.5 Å². The van der Waals surface area contributed by atoms with Gasteiger partial charge in [-0.3, -0.25) is 24.1 Å². The number of anilines is 3. The van der Waals surface area contributed by atoms with Crippen molar-refractivity contribution in [2.75, 3.05) is 30.4 Å². The summed E-state index contributed by atoms with van der Waals surface area (Å²) in [7, 11) is 3.79. The van der Waals surface area contributed by atoms with E-state index in [9.17, 15) is 14.7 Å². The Kier molecular flexibility index (Phi) is 5.70. The molecule has 2 bridgehead atoms. The smallest absolute Gasteiger partial charge is 0.276 e. The number of aliphatic hydroxyl groups is 1. The summed E-state index contributed by atoms with van der Waals surface area (Å²) < 4.78 is 5.73. The van der Waals surface area contributed by atoms with Crippen LogP contribution in [0.3, 0.4) is 0 Å². The van der Waals surface area contributed by atoms with Gasteiger partial charge in [0, 0.05) is 74.4 Å². The molecule has 11 heteroatoms. The number of hydrogen-bond donors (Lipinski definition) is 2. The molecule has 1 amide bonds. The fourth-order valence-electron chi connectivity index (χ4n) is 7.63. The fraction of sp³-hybridized carbons (Fsp3) is 0.419. The van der Waals surface area contributed by atoms with Crippen molar-refractivity contribution in [1.82, 2.24) is 28.8 Å². The van der Waals surface area contributed by atoms with E-state index in [4.69, 9.17) is 0 Å². The maximum atomic E-state index is 13.8. The Labute approximate surface area is 243 Å². The summed E-state index contributed by atoms with van der Waals surface area (Å²) in [6.45, 7) is 3.44. The molecule has 216 valence electrons. The van der Waals surface area contributed by atoms with Crippen molar-refractivity contribution in [3.05, 3.63) is 75.2 Å². The standard InChI is InChI=1S/C31H34N8O3/c1-35-7-10-39-21(16-35)13-27(34-39)33-25-12-20(15-36(2)30(25)41)22-5-6-32-29(24(22)17-40)38-9-8-37-26(31(38)42)14-23-18-3-4-19(11-18)28(23)37/h5-6,12-15,18-19,40H,3-4,7-11,16-17H2,1-2H3,(H,33,34)/t18-,19+/m1/s1. The minimum absolute atomic E-state index is 0.0772. The summed E-state index contributed by atoms with van der Waals surface area (Å²) in [5.41, 5.74) is 6.76. The Bertz CT molecular complexity index is 1820. The number of amides is 1. The second-order valence-electron chi connectivity index (χ2n) is 12.2. The van der Waals surface area contributed by atoms with Gasteiger partial charge in [-0.1, -0.05) is 0 Å². The lowest BCUT2D eigenvalue weighted by molar-refractivity contribution is 0.0963. The van der Waals surface area contributed by atoms with E-state index in [2.05, 4.69) is 38.0 Å². The molecule has 2 aliphatic carbocycles. The van der Waals surface area contributed by atoms with Crippen molar-refractivity contribution in [3.63, 3.8) is 0 Å². The van der Waals surface area contributed by atoms with Gasteiger partial charge in [-0.25, -0.2) is 4.98 Å². The van der Waals surface area contributed by atoms with E-state index in [1.807, 2.05) is 16.8 Å². The van der Waals surface area contributed by atoms with E-state index in [0.29, 0.717) is 41.3 Å². The van der Waals surface area contributed by atoms with Crippen molar-refractivity contribution in [3.8, 4) is 11.1 Å². The van der Waals surface area contributed by atoms with Gasteiger partial charge in [-0.05, 0) is 61.6 Å². The largest absolute Gasteiger partial charge is 0.392 e. The van der Waals surface area contributed by atoms with Gasteiger partial charge in [0.25, 0.3) is 11.5 Å². The highest BCUT2D eigenvalue weighted by atomic mass is 16.3. The zero-order valence-corrected chi connectivity index (χ0v) is 23.9. The molecule has 0 unspecified atom stereocenters. The minimum atomic E-state index is -0.295. The topological polar surface area (TPSA) is 113 Å². The second-order valence-corrected chi connectivity index (χ2v) is 12.2. The third-order valence-electron chi connectivity index (χ3n) is 9.63. The van der Waals surface area contributed by atoms with Crippen molar-refractivity contribution < 1.29 is 9.90 Å². The SMILES string of the molecule is CN1CCn2nc(Nc3cc(-c4ccnc(N5CCn6c(cc7c6[C@H]6CC[C@@H]7C6)C5=O)c4CO)cn(C)c3=O)cc2C1. The van der Waals surface area contributed by atoms with E-state index >= 15 is 0 Å². The first-order valence-corrected chi connectivity index (χ1v) is 14.8. The molecule has 8 rings (SSSR count). The molecule has 0 spiro atoms. The Balaban J connectivity index is 1.14. The first-order valence-electron chi connectivity index (χ1n) is 14.8. The van der Waals surface area contributed by atoms with Crippen LogP contribution in [0, 0.1) is 0 Å². The van der Waals surface area contributed by atoms with Gasteiger partial charge < -0.3 is 19.6 Å². The van der Waals surface area contributed by atoms with Gasteiger partial charge in [-0.15, -0.1) is 0 Å². The molecule has 4 aromatic heterocycles. The predicted octanol–water partition coefficient (Wildman–Crippen LogP) is 3.15. The number of carbonyl (C=O) groups excluding carboxylic acids is 1. The number of nitrogens with zero attached hydrogens (tertiary/aromatic N) is 7. The first kappa shape index (κ1) is 25.5. The molecule has 1 saturated carbocycles. The molecular weight excluding hydrogens is 532 g/mol. The van der Waals surface area contributed by atoms with Gasteiger partial charge in [0.2, 0.25) is 0 Å². The monoisotopic (exact) mass is 566 g/mol. The molecule has 0 saturated heterocycles. The second kappa shape index (κ2) is 9.40. The summed E-state index contributed by atoms with van der Waals surface area (Å²) in [5.74, 6) is 2.17. The maximum Gasteiger partial charge on any atom is 0.276 e. The van der Waals surface area contributed by atoms with Crippen LogP contribution < -0.4 is 15.8 Å². The number of nitrogens with one attached hydrogen (secondary N) is 1. The Morgan fingerprint density at radius 1 is 1.05 bits per heavy atom. The molecule has 6 heterocycles. The van der Waals surface area contributed by atoms with Gasteiger partial charge in [0.05, 0.1) is 18.8 Å². The summed E-state index contributed by atoms with van der Waals surface area (Å²) >= 11 is 0. The number of hydrogen-bond acceptors (Lipinski definition) is 7. The van der Waals surface area contributed by atoms with Crippen molar-refractivity contribution >= 4 is 23.2 Å². The minimum Gasteiger partial charge on any atom is -0.392 e. The zero-order valence-electron chi connectivity index (χ0n) is 23.9. The highest BCUT2D eigenvalue weighted by Crippen LogP contribution is 2.54. The van der Waals surface area contributed by atoms with Gasteiger partial charge in [0.15, 0.2) is 5.82 Å². The number of likely N-dealkylation sites (N-methyl/N-ethyl adjacent to an activating group) is 1. The lowest BCUT2D eigenvalue weighted by atomic mass is 9.98. The number of aromatic nitrogens is 5. The van der Waals surface area contributed by atoms with E-state index in [-0.39, 0.29) is 18.1 Å². The van der Waals surface area contributed by atoms with Crippen LogP contribution in [0.25, 0.3) is 11.1 Å². The molecule has 4 aliphatic rings. The number of carbonyl (C=O) groups is 1. The molecule has 42 heavy (non-hydrogen) atoms.